The Morgan fingerprint density at radius 1 is 1.71 bits per heavy atom. The van der Waals surface area contributed by atoms with E-state index < -0.39 is 10.0 Å². The predicted octanol–water partition coefficient (Wildman–Crippen LogP) is 0.556. The predicted molar refractivity (Wildman–Crippen MR) is 68.3 cm³/mol. The lowest BCUT2D eigenvalue weighted by Crippen LogP contribution is -2.36. The van der Waals surface area contributed by atoms with Gasteiger partial charge in [-0.15, -0.1) is 0 Å². The lowest BCUT2D eigenvalue weighted by Gasteiger charge is -2.22. The van der Waals surface area contributed by atoms with Gasteiger partial charge in [-0.2, -0.15) is 16.9 Å². The minimum Gasteiger partial charge on any atom is -0.383 e. The van der Waals surface area contributed by atoms with Gasteiger partial charge in [0.25, 0.3) is 0 Å². The van der Waals surface area contributed by atoms with Gasteiger partial charge >= 0.3 is 0 Å². The van der Waals surface area contributed by atoms with Crippen LogP contribution in [0.4, 0.5) is 5.82 Å². The lowest BCUT2D eigenvalue weighted by molar-refractivity contribution is 0.553. The van der Waals surface area contributed by atoms with Crippen LogP contribution in [0.25, 0.3) is 0 Å². The monoisotopic (exact) mass is 276 g/mol. The van der Waals surface area contributed by atoms with E-state index in [2.05, 4.69) is 21.8 Å². The van der Waals surface area contributed by atoms with Gasteiger partial charge in [0.15, 0.2) is 0 Å². The number of aromatic nitrogens is 2. The van der Waals surface area contributed by atoms with E-state index in [1.54, 1.807) is 11.8 Å². The van der Waals surface area contributed by atoms with Gasteiger partial charge in [-0.1, -0.05) is 0 Å². The molecule has 1 aliphatic rings. The molecule has 1 atom stereocenters. The van der Waals surface area contributed by atoms with Crippen LogP contribution in [0.5, 0.6) is 0 Å². The number of thioether (sulfide) groups is 1. The molecule has 1 saturated heterocycles. The molecular formula is C9H16N4O2S2. The highest BCUT2D eigenvalue weighted by Crippen LogP contribution is 2.37. The van der Waals surface area contributed by atoms with Crippen LogP contribution in [0.1, 0.15) is 19.8 Å². The Bertz CT molecular complexity index is 491. The van der Waals surface area contributed by atoms with Gasteiger partial charge in [-0.25, -0.2) is 13.1 Å². The molecule has 0 amide bonds. The number of nitrogens with one attached hydrogen (secondary N) is 2. The summed E-state index contributed by atoms with van der Waals surface area (Å²) in [6.45, 7) is 2.50. The van der Waals surface area contributed by atoms with Crippen molar-refractivity contribution in [1.29, 1.82) is 0 Å². The number of nitrogen functional groups attached to an aromatic ring is 1. The number of hydrogen-bond acceptors (Lipinski definition) is 5. The van der Waals surface area contributed by atoms with E-state index in [1.807, 2.05) is 0 Å². The molecule has 1 unspecified atom stereocenters. The van der Waals surface area contributed by atoms with E-state index in [-0.39, 0.29) is 15.5 Å². The van der Waals surface area contributed by atoms with Crippen molar-refractivity contribution in [2.75, 3.05) is 18.0 Å². The molecule has 17 heavy (non-hydrogen) atoms. The molecule has 0 radical (unpaired) electrons. The molecule has 2 heterocycles. The zero-order valence-electron chi connectivity index (χ0n) is 9.56. The second-order valence-electron chi connectivity index (χ2n) is 4.37. The summed E-state index contributed by atoms with van der Waals surface area (Å²) in [5.74, 6) is 1.16. The van der Waals surface area contributed by atoms with Crippen LogP contribution in [-0.4, -0.2) is 35.7 Å². The van der Waals surface area contributed by atoms with E-state index in [4.69, 9.17) is 5.73 Å². The van der Waals surface area contributed by atoms with Crippen LogP contribution < -0.4 is 10.5 Å². The molecule has 96 valence electrons. The van der Waals surface area contributed by atoms with Crippen molar-refractivity contribution < 1.29 is 8.42 Å². The van der Waals surface area contributed by atoms with Gasteiger partial charge in [0.1, 0.15) is 10.7 Å². The summed E-state index contributed by atoms with van der Waals surface area (Å²) < 4.78 is 26.5. The summed E-state index contributed by atoms with van der Waals surface area (Å²) >= 11 is 1.81. The molecular weight excluding hydrogens is 260 g/mol. The van der Waals surface area contributed by atoms with Crippen LogP contribution in [0.3, 0.4) is 0 Å². The van der Waals surface area contributed by atoms with Crippen molar-refractivity contribution in [1.82, 2.24) is 14.9 Å². The Hall–Kier alpha value is -0.730. The first-order chi connectivity index (χ1) is 7.93. The van der Waals surface area contributed by atoms with Crippen molar-refractivity contribution >= 4 is 27.6 Å². The topological polar surface area (TPSA) is 101 Å². The maximum atomic E-state index is 12.0. The number of sulfonamides is 1. The molecule has 1 aromatic rings. The van der Waals surface area contributed by atoms with Crippen molar-refractivity contribution in [3.8, 4) is 0 Å². The molecule has 0 bridgehead atoms. The third kappa shape index (κ3) is 2.75. The fraction of sp³-hybridized carbons (Fsp3) is 0.667. The minimum atomic E-state index is -3.56. The highest BCUT2D eigenvalue weighted by atomic mass is 32.2. The van der Waals surface area contributed by atoms with Crippen LogP contribution >= 0.6 is 11.8 Å². The SMILES string of the molecule is CC1(CNS(=O)(=O)c2cn[nH]c2N)CCCS1. The largest absolute Gasteiger partial charge is 0.383 e. The zero-order valence-corrected chi connectivity index (χ0v) is 11.2. The quantitative estimate of drug-likeness (QED) is 0.746. The average molecular weight is 276 g/mol. The van der Waals surface area contributed by atoms with E-state index in [1.165, 1.54) is 6.20 Å². The van der Waals surface area contributed by atoms with E-state index >= 15 is 0 Å². The summed E-state index contributed by atoms with van der Waals surface area (Å²) in [6.07, 6.45) is 3.39. The fourth-order valence-electron chi connectivity index (χ4n) is 1.80. The average Bonchev–Trinajstić information content (AvgIpc) is 2.86. The maximum absolute atomic E-state index is 12.0. The summed E-state index contributed by atoms with van der Waals surface area (Å²) in [5, 5.41) is 6.03. The molecule has 0 saturated carbocycles. The number of hydrogen-bond donors (Lipinski definition) is 3. The molecule has 0 spiro atoms. The lowest BCUT2D eigenvalue weighted by atomic mass is 10.1. The van der Waals surface area contributed by atoms with E-state index in [9.17, 15) is 8.42 Å². The summed E-state index contributed by atoms with van der Waals surface area (Å²) in [5.41, 5.74) is 5.50. The molecule has 6 nitrogen and oxygen atoms in total. The Labute approximate surface area is 105 Å². The molecule has 0 aliphatic carbocycles. The van der Waals surface area contributed by atoms with Gasteiger partial charge < -0.3 is 5.73 Å². The highest BCUT2D eigenvalue weighted by Gasteiger charge is 2.31. The van der Waals surface area contributed by atoms with Crippen LogP contribution in [0.15, 0.2) is 11.1 Å². The summed E-state index contributed by atoms with van der Waals surface area (Å²) in [6, 6.07) is 0. The second-order valence-corrected chi connectivity index (χ2v) is 7.79. The number of rotatable bonds is 4. The third-order valence-corrected chi connectivity index (χ3v) is 5.83. The van der Waals surface area contributed by atoms with E-state index in [0.717, 1.165) is 18.6 Å². The molecule has 1 aromatic heterocycles. The van der Waals surface area contributed by atoms with E-state index in [0.29, 0.717) is 6.54 Å². The molecule has 1 aliphatic heterocycles. The van der Waals surface area contributed by atoms with Crippen LogP contribution in [0.2, 0.25) is 0 Å². The summed E-state index contributed by atoms with van der Waals surface area (Å²) in [7, 11) is -3.56. The van der Waals surface area contributed by atoms with Crippen molar-refractivity contribution in [2.24, 2.45) is 0 Å². The third-order valence-electron chi connectivity index (χ3n) is 2.86. The van der Waals surface area contributed by atoms with Gasteiger partial charge in [0.05, 0.1) is 6.20 Å². The molecule has 8 heteroatoms. The summed E-state index contributed by atoms with van der Waals surface area (Å²) in [4.78, 5) is 0.0177. The van der Waals surface area contributed by atoms with Crippen LogP contribution in [0, 0.1) is 0 Å². The Kier molecular flexibility index (Phi) is 3.37. The number of nitrogens with two attached hydrogens (primary N) is 1. The molecule has 2 rings (SSSR count). The minimum absolute atomic E-state index is 0.00837. The molecule has 1 fully saturated rings. The smallest absolute Gasteiger partial charge is 0.245 e. The number of aromatic amines is 1. The highest BCUT2D eigenvalue weighted by molar-refractivity contribution is 8.01. The maximum Gasteiger partial charge on any atom is 0.245 e. The normalized spacial score (nSPS) is 25.2. The van der Waals surface area contributed by atoms with Crippen molar-refractivity contribution in [3.05, 3.63) is 6.20 Å². The van der Waals surface area contributed by atoms with Crippen molar-refractivity contribution in [2.45, 2.75) is 29.4 Å². The number of nitrogens with zero attached hydrogens (tertiary/aromatic N) is 1. The fourth-order valence-corrected chi connectivity index (χ4v) is 4.33. The van der Waals surface area contributed by atoms with Crippen LogP contribution in [-0.2, 0) is 10.0 Å². The zero-order chi connectivity index (χ0) is 12.5. The first-order valence-electron chi connectivity index (χ1n) is 5.35. The standard InChI is InChI=1S/C9H16N4O2S2/c1-9(3-2-4-16-9)6-12-17(14,15)7-5-11-13-8(7)10/h5,12H,2-4,6H2,1H3,(H3,10,11,13). The van der Waals surface area contributed by atoms with Gasteiger partial charge in [-0.05, 0) is 25.5 Å². The van der Waals surface area contributed by atoms with Gasteiger partial charge in [-0.3, -0.25) is 5.10 Å². The second kappa shape index (κ2) is 4.51. The first kappa shape index (κ1) is 12.7. The number of H-pyrrole nitrogens is 1. The van der Waals surface area contributed by atoms with Gasteiger partial charge in [0, 0.05) is 11.3 Å². The van der Waals surface area contributed by atoms with Gasteiger partial charge in [0.2, 0.25) is 10.0 Å². The first-order valence-corrected chi connectivity index (χ1v) is 7.82. The Balaban J connectivity index is 2.06. The Morgan fingerprint density at radius 2 is 2.47 bits per heavy atom. The Morgan fingerprint density at radius 3 is 3.00 bits per heavy atom. The number of anilines is 1. The molecule has 0 aromatic carbocycles. The van der Waals surface area contributed by atoms with Crippen molar-refractivity contribution in [3.63, 3.8) is 0 Å². The molecule has 4 N–H and O–H groups in total.